The molecule has 4 rings (SSSR count). The average molecular weight is 345 g/mol. The molecule has 1 aromatic heterocycles. The van der Waals surface area contributed by atoms with Crippen LogP contribution in [0, 0.1) is 0 Å². The number of hydrogen-bond acceptors (Lipinski definition) is 2. The second-order valence-corrected chi connectivity index (χ2v) is 6.65. The molecule has 4 nitrogen and oxygen atoms in total. The summed E-state index contributed by atoms with van der Waals surface area (Å²) in [4.78, 5) is 20.4. The number of nitrogens with one attached hydrogen (secondary N) is 1. The smallest absolute Gasteiger partial charge is 0.256 e. The highest BCUT2D eigenvalue weighted by Gasteiger charge is 2.23. The first-order valence-electron chi connectivity index (χ1n) is 9.10. The molecule has 0 bridgehead atoms. The van der Waals surface area contributed by atoms with Gasteiger partial charge in [-0.15, -0.1) is 0 Å². The summed E-state index contributed by atoms with van der Waals surface area (Å²) in [5.74, 6) is 0.127. The number of fused-ring (bicyclic) bond motifs is 1. The summed E-state index contributed by atoms with van der Waals surface area (Å²) < 4.78 is 0. The third-order valence-corrected chi connectivity index (χ3v) is 4.95. The van der Waals surface area contributed by atoms with E-state index >= 15 is 0 Å². The maximum absolute atomic E-state index is 12.9. The average Bonchev–Trinajstić information content (AvgIpc) is 3.13. The zero-order valence-electron chi connectivity index (χ0n) is 14.8. The van der Waals surface area contributed by atoms with E-state index in [1.807, 2.05) is 41.4 Å². The lowest BCUT2D eigenvalue weighted by Crippen LogP contribution is -2.48. The molecule has 0 radical (unpaired) electrons. The molecular weight excluding hydrogens is 322 g/mol. The topological polar surface area (TPSA) is 39.3 Å². The molecule has 2 heterocycles. The number of benzene rings is 2. The van der Waals surface area contributed by atoms with E-state index in [0.29, 0.717) is 0 Å². The van der Waals surface area contributed by atoms with Crippen molar-refractivity contribution in [1.29, 1.82) is 0 Å². The summed E-state index contributed by atoms with van der Waals surface area (Å²) in [5.41, 5.74) is 3.01. The largest absolute Gasteiger partial charge is 0.360 e. The van der Waals surface area contributed by atoms with Crippen LogP contribution in [0.1, 0.15) is 15.9 Å². The number of aromatic nitrogens is 1. The van der Waals surface area contributed by atoms with Crippen molar-refractivity contribution >= 4 is 22.9 Å². The number of nitrogens with zero attached hydrogens (tertiary/aromatic N) is 2. The van der Waals surface area contributed by atoms with Gasteiger partial charge < -0.3 is 9.88 Å². The zero-order valence-corrected chi connectivity index (χ0v) is 14.8. The molecule has 0 aliphatic carbocycles. The van der Waals surface area contributed by atoms with Crippen molar-refractivity contribution in [3.63, 3.8) is 0 Å². The van der Waals surface area contributed by atoms with Crippen molar-refractivity contribution in [2.24, 2.45) is 0 Å². The first kappa shape index (κ1) is 16.6. The van der Waals surface area contributed by atoms with Gasteiger partial charge in [-0.25, -0.2) is 0 Å². The number of carbonyl (C=O) groups is 1. The fraction of sp³-hybridized carbons (Fsp3) is 0.227. The minimum Gasteiger partial charge on any atom is -0.360 e. The maximum Gasteiger partial charge on any atom is 0.256 e. The summed E-state index contributed by atoms with van der Waals surface area (Å²) in [5, 5.41) is 1.01. The Morgan fingerprint density at radius 1 is 0.962 bits per heavy atom. The molecule has 26 heavy (non-hydrogen) atoms. The van der Waals surface area contributed by atoms with Gasteiger partial charge in [-0.1, -0.05) is 60.7 Å². The monoisotopic (exact) mass is 345 g/mol. The van der Waals surface area contributed by atoms with Crippen LogP contribution in [0.4, 0.5) is 0 Å². The highest BCUT2D eigenvalue weighted by atomic mass is 16.2. The van der Waals surface area contributed by atoms with Gasteiger partial charge >= 0.3 is 0 Å². The molecule has 0 spiro atoms. The number of H-pyrrole nitrogens is 1. The fourth-order valence-corrected chi connectivity index (χ4v) is 3.45. The second kappa shape index (κ2) is 7.58. The van der Waals surface area contributed by atoms with E-state index in [2.05, 4.69) is 46.3 Å². The third-order valence-electron chi connectivity index (χ3n) is 4.95. The second-order valence-electron chi connectivity index (χ2n) is 6.65. The summed E-state index contributed by atoms with van der Waals surface area (Å²) in [6.07, 6.45) is 6.19. The summed E-state index contributed by atoms with van der Waals surface area (Å²) in [7, 11) is 0. The number of piperazine rings is 1. The molecule has 1 fully saturated rings. The minimum absolute atomic E-state index is 0.127. The molecule has 1 aliphatic heterocycles. The van der Waals surface area contributed by atoms with Crippen molar-refractivity contribution in [1.82, 2.24) is 14.8 Å². The number of hydrogen-bond donors (Lipinski definition) is 1. The van der Waals surface area contributed by atoms with E-state index in [0.717, 1.165) is 49.2 Å². The highest BCUT2D eigenvalue weighted by molar-refractivity contribution is 6.06. The van der Waals surface area contributed by atoms with Gasteiger partial charge in [-0.3, -0.25) is 9.69 Å². The Hall–Kier alpha value is -2.85. The Morgan fingerprint density at radius 2 is 1.69 bits per heavy atom. The van der Waals surface area contributed by atoms with Gasteiger partial charge in [0.15, 0.2) is 0 Å². The normalized spacial score (nSPS) is 15.8. The van der Waals surface area contributed by atoms with Crippen LogP contribution in [0.2, 0.25) is 0 Å². The highest BCUT2D eigenvalue weighted by Crippen LogP contribution is 2.20. The van der Waals surface area contributed by atoms with Gasteiger partial charge in [0.05, 0.1) is 5.56 Å². The Kier molecular flexibility index (Phi) is 4.84. The van der Waals surface area contributed by atoms with Gasteiger partial charge in [0.2, 0.25) is 0 Å². The van der Waals surface area contributed by atoms with Gasteiger partial charge in [0, 0.05) is 49.8 Å². The number of para-hydroxylation sites is 1. The molecule has 0 atom stereocenters. The van der Waals surface area contributed by atoms with E-state index in [1.54, 1.807) is 0 Å². The number of aromatic amines is 1. The Labute approximate surface area is 153 Å². The molecule has 1 aliphatic rings. The van der Waals surface area contributed by atoms with Crippen molar-refractivity contribution < 1.29 is 4.79 Å². The zero-order chi connectivity index (χ0) is 17.8. The van der Waals surface area contributed by atoms with E-state index in [4.69, 9.17) is 0 Å². The van der Waals surface area contributed by atoms with Crippen molar-refractivity contribution in [3.8, 4) is 0 Å². The van der Waals surface area contributed by atoms with Crippen molar-refractivity contribution in [3.05, 3.63) is 78.0 Å². The molecule has 0 saturated carbocycles. The summed E-state index contributed by atoms with van der Waals surface area (Å²) in [6, 6.07) is 18.3. The van der Waals surface area contributed by atoms with E-state index < -0.39 is 0 Å². The van der Waals surface area contributed by atoms with Crippen LogP contribution >= 0.6 is 0 Å². The van der Waals surface area contributed by atoms with Gasteiger partial charge in [-0.05, 0) is 11.6 Å². The molecule has 132 valence electrons. The van der Waals surface area contributed by atoms with Crippen LogP contribution in [-0.2, 0) is 0 Å². The van der Waals surface area contributed by atoms with Crippen LogP contribution in [-0.4, -0.2) is 53.4 Å². The fourth-order valence-electron chi connectivity index (χ4n) is 3.45. The predicted octanol–water partition coefficient (Wildman–Crippen LogP) is 3.64. The third kappa shape index (κ3) is 3.55. The first-order valence-corrected chi connectivity index (χ1v) is 9.10. The van der Waals surface area contributed by atoms with Crippen LogP contribution in [0.15, 0.2) is 66.9 Å². The van der Waals surface area contributed by atoms with Crippen LogP contribution in [0.5, 0.6) is 0 Å². The lowest BCUT2D eigenvalue weighted by molar-refractivity contribution is 0.0652. The lowest BCUT2D eigenvalue weighted by Gasteiger charge is -2.34. The van der Waals surface area contributed by atoms with Crippen molar-refractivity contribution in [2.75, 3.05) is 32.7 Å². The van der Waals surface area contributed by atoms with E-state index in [9.17, 15) is 4.79 Å². The molecular formula is C22H23N3O. The number of rotatable bonds is 4. The molecule has 3 aromatic rings. The van der Waals surface area contributed by atoms with Crippen LogP contribution in [0.3, 0.4) is 0 Å². The first-order chi connectivity index (χ1) is 12.8. The summed E-state index contributed by atoms with van der Waals surface area (Å²) >= 11 is 0. The number of carbonyl (C=O) groups excluding carboxylic acids is 1. The Bertz CT molecular complexity index is 905. The quantitative estimate of drug-likeness (QED) is 0.784. The van der Waals surface area contributed by atoms with Crippen LogP contribution < -0.4 is 0 Å². The molecule has 1 amide bonds. The van der Waals surface area contributed by atoms with Crippen LogP contribution in [0.25, 0.3) is 17.0 Å². The summed E-state index contributed by atoms with van der Waals surface area (Å²) in [6.45, 7) is 4.29. The predicted molar refractivity (Wildman–Crippen MR) is 106 cm³/mol. The van der Waals surface area contributed by atoms with Crippen molar-refractivity contribution in [2.45, 2.75) is 0 Å². The minimum atomic E-state index is 0.127. The van der Waals surface area contributed by atoms with Gasteiger partial charge in [0.1, 0.15) is 0 Å². The Morgan fingerprint density at radius 3 is 2.50 bits per heavy atom. The molecule has 4 heteroatoms. The lowest BCUT2D eigenvalue weighted by atomic mass is 10.1. The van der Waals surface area contributed by atoms with Gasteiger partial charge in [0.25, 0.3) is 5.91 Å². The standard InChI is InChI=1S/C22H23N3O/c26-22(20-17-23-21-11-5-4-10-19(20)21)25-15-13-24(14-16-25)12-6-9-18-7-2-1-3-8-18/h1-11,17,23H,12-16H2/b9-6+. The maximum atomic E-state index is 12.9. The van der Waals surface area contributed by atoms with E-state index in [-0.39, 0.29) is 5.91 Å². The molecule has 0 unspecified atom stereocenters. The molecule has 2 aromatic carbocycles. The molecule has 1 N–H and O–H groups in total. The SMILES string of the molecule is O=C(c1c[nH]c2ccccc12)N1CCN(C/C=C/c2ccccc2)CC1. The molecule has 1 saturated heterocycles. The van der Waals surface area contributed by atoms with Gasteiger partial charge in [-0.2, -0.15) is 0 Å². The number of amides is 1. The van der Waals surface area contributed by atoms with E-state index in [1.165, 1.54) is 5.56 Å². The Balaban J connectivity index is 1.33.